The molecule has 1 aliphatic rings. The molecular weight excluding hydrogens is 344 g/mol. The van der Waals surface area contributed by atoms with E-state index in [0.29, 0.717) is 31.8 Å². The Kier molecular flexibility index (Phi) is 5.10. The number of methoxy groups -OCH3 is 1. The van der Waals surface area contributed by atoms with Crippen LogP contribution in [0, 0.1) is 0 Å². The molecule has 0 saturated carbocycles. The van der Waals surface area contributed by atoms with Gasteiger partial charge in [0.15, 0.2) is 5.76 Å². The molecule has 8 heteroatoms. The Hall–Kier alpha value is -2.32. The predicted octanol–water partition coefficient (Wildman–Crippen LogP) is 1.83. The first kappa shape index (κ1) is 17.5. The van der Waals surface area contributed by atoms with Crippen molar-refractivity contribution in [1.82, 2.24) is 9.21 Å². The molecule has 7 nitrogen and oxygen atoms in total. The number of amides is 1. The molecule has 0 radical (unpaired) electrons. The van der Waals surface area contributed by atoms with Crippen molar-refractivity contribution in [2.75, 3.05) is 33.3 Å². The minimum Gasteiger partial charge on any atom is -0.497 e. The first-order chi connectivity index (χ1) is 12.0. The Morgan fingerprint density at radius 2 is 1.84 bits per heavy atom. The standard InChI is InChI=1S/C17H20N2O5S/c1-23-14-5-7-15(8-6-14)25(21,22)19-10-3-9-18(11-12-19)17(20)16-4-2-13-24-16/h2,4-8,13H,3,9-12H2,1H3. The lowest BCUT2D eigenvalue weighted by Gasteiger charge is -2.21. The molecule has 0 unspecified atom stereocenters. The van der Waals surface area contributed by atoms with Crippen molar-refractivity contribution in [1.29, 1.82) is 0 Å². The van der Waals surface area contributed by atoms with Crippen LogP contribution >= 0.6 is 0 Å². The third kappa shape index (κ3) is 3.69. The number of ether oxygens (including phenoxy) is 1. The van der Waals surface area contributed by atoms with Gasteiger partial charge in [-0.1, -0.05) is 0 Å². The molecule has 0 bridgehead atoms. The largest absolute Gasteiger partial charge is 0.497 e. The van der Waals surface area contributed by atoms with Gasteiger partial charge in [-0.3, -0.25) is 4.79 Å². The number of benzene rings is 1. The molecular formula is C17H20N2O5S. The van der Waals surface area contributed by atoms with Gasteiger partial charge in [0.2, 0.25) is 10.0 Å². The van der Waals surface area contributed by atoms with E-state index in [0.717, 1.165) is 0 Å². The van der Waals surface area contributed by atoms with E-state index in [-0.39, 0.29) is 23.1 Å². The first-order valence-electron chi connectivity index (χ1n) is 7.99. The highest BCUT2D eigenvalue weighted by atomic mass is 32.2. The number of nitrogens with zero attached hydrogens (tertiary/aromatic N) is 2. The maximum absolute atomic E-state index is 12.8. The first-order valence-corrected chi connectivity index (χ1v) is 9.43. The number of carbonyl (C=O) groups is 1. The second kappa shape index (κ2) is 7.28. The van der Waals surface area contributed by atoms with Gasteiger partial charge in [0.1, 0.15) is 5.75 Å². The van der Waals surface area contributed by atoms with Crippen LogP contribution in [-0.4, -0.2) is 56.8 Å². The molecule has 0 N–H and O–H groups in total. The fraction of sp³-hybridized carbons (Fsp3) is 0.353. The van der Waals surface area contributed by atoms with E-state index in [1.807, 2.05) is 0 Å². The zero-order valence-corrected chi connectivity index (χ0v) is 14.7. The summed E-state index contributed by atoms with van der Waals surface area (Å²) in [5.41, 5.74) is 0. The van der Waals surface area contributed by atoms with Crippen LogP contribution in [-0.2, 0) is 10.0 Å². The summed E-state index contributed by atoms with van der Waals surface area (Å²) in [4.78, 5) is 14.2. The second-order valence-electron chi connectivity index (χ2n) is 5.70. The summed E-state index contributed by atoms with van der Waals surface area (Å²) in [6, 6.07) is 9.58. The summed E-state index contributed by atoms with van der Waals surface area (Å²) in [5.74, 6) is 0.658. The molecule has 1 aromatic heterocycles. The van der Waals surface area contributed by atoms with E-state index in [1.54, 1.807) is 29.2 Å². The zero-order chi connectivity index (χ0) is 17.9. The molecule has 2 heterocycles. The SMILES string of the molecule is COc1ccc(S(=O)(=O)N2CCCN(C(=O)c3ccco3)CC2)cc1. The minimum atomic E-state index is -3.60. The summed E-state index contributed by atoms with van der Waals surface area (Å²) < 4.78 is 37.2. The summed E-state index contributed by atoms with van der Waals surface area (Å²) in [6.07, 6.45) is 2.02. The van der Waals surface area contributed by atoms with E-state index in [2.05, 4.69) is 0 Å². The molecule has 1 aromatic carbocycles. The maximum Gasteiger partial charge on any atom is 0.289 e. The van der Waals surface area contributed by atoms with Crippen LogP contribution in [0.25, 0.3) is 0 Å². The fourth-order valence-corrected chi connectivity index (χ4v) is 4.26. The van der Waals surface area contributed by atoms with Crippen molar-refractivity contribution in [2.24, 2.45) is 0 Å². The Bertz CT molecular complexity index is 815. The van der Waals surface area contributed by atoms with E-state index >= 15 is 0 Å². The van der Waals surface area contributed by atoms with Gasteiger partial charge in [0, 0.05) is 26.2 Å². The summed E-state index contributed by atoms with van der Waals surface area (Å²) in [6.45, 7) is 1.44. The number of carbonyl (C=O) groups excluding carboxylic acids is 1. The van der Waals surface area contributed by atoms with Crippen molar-refractivity contribution < 1.29 is 22.4 Å². The molecule has 1 saturated heterocycles. The molecule has 25 heavy (non-hydrogen) atoms. The maximum atomic E-state index is 12.8. The molecule has 3 rings (SSSR count). The average molecular weight is 364 g/mol. The summed E-state index contributed by atoms with van der Waals surface area (Å²) >= 11 is 0. The number of furan rings is 1. The molecule has 1 aliphatic heterocycles. The fourth-order valence-electron chi connectivity index (χ4n) is 2.79. The van der Waals surface area contributed by atoms with Crippen molar-refractivity contribution >= 4 is 15.9 Å². The molecule has 134 valence electrons. The molecule has 0 aliphatic carbocycles. The third-order valence-corrected chi connectivity index (χ3v) is 6.08. The highest BCUT2D eigenvalue weighted by molar-refractivity contribution is 7.89. The highest BCUT2D eigenvalue weighted by Crippen LogP contribution is 2.21. The average Bonchev–Trinajstić information content (AvgIpc) is 3.05. The van der Waals surface area contributed by atoms with Crippen LogP contribution in [0.4, 0.5) is 0 Å². The zero-order valence-electron chi connectivity index (χ0n) is 13.9. The third-order valence-electron chi connectivity index (χ3n) is 4.17. The van der Waals surface area contributed by atoms with Gasteiger partial charge >= 0.3 is 0 Å². The van der Waals surface area contributed by atoms with Crippen LogP contribution in [0.15, 0.2) is 52.0 Å². The number of sulfonamides is 1. The molecule has 2 aromatic rings. The van der Waals surface area contributed by atoms with Crippen LogP contribution < -0.4 is 4.74 Å². The number of hydrogen-bond donors (Lipinski definition) is 0. The van der Waals surface area contributed by atoms with Crippen molar-refractivity contribution in [3.63, 3.8) is 0 Å². The quantitative estimate of drug-likeness (QED) is 0.827. The lowest BCUT2D eigenvalue weighted by molar-refractivity contribution is 0.0732. The van der Waals surface area contributed by atoms with Crippen LogP contribution in [0.3, 0.4) is 0 Å². The smallest absolute Gasteiger partial charge is 0.289 e. The van der Waals surface area contributed by atoms with Crippen molar-refractivity contribution in [3.05, 3.63) is 48.4 Å². The molecule has 0 atom stereocenters. The van der Waals surface area contributed by atoms with E-state index in [1.165, 1.54) is 29.8 Å². The van der Waals surface area contributed by atoms with E-state index in [4.69, 9.17) is 9.15 Å². The molecule has 0 spiro atoms. The molecule has 1 amide bonds. The van der Waals surface area contributed by atoms with Crippen LogP contribution in [0.5, 0.6) is 5.75 Å². The van der Waals surface area contributed by atoms with Gasteiger partial charge in [-0.25, -0.2) is 8.42 Å². The summed E-state index contributed by atoms with van der Waals surface area (Å²) in [5, 5.41) is 0. The van der Waals surface area contributed by atoms with Crippen LogP contribution in [0.2, 0.25) is 0 Å². The Morgan fingerprint density at radius 3 is 2.48 bits per heavy atom. The second-order valence-corrected chi connectivity index (χ2v) is 7.64. The van der Waals surface area contributed by atoms with Gasteiger partial charge in [0.25, 0.3) is 5.91 Å². The van der Waals surface area contributed by atoms with Crippen molar-refractivity contribution in [2.45, 2.75) is 11.3 Å². The topological polar surface area (TPSA) is 80.1 Å². The number of hydrogen-bond acceptors (Lipinski definition) is 5. The summed E-state index contributed by atoms with van der Waals surface area (Å²) in [7, 11) is -2.07. The van der Waals surface area contributed by atoms with Gasteiger partial charge < -0.3 is 14.1 Å². The molecule has 1 fully saturated rings. The lowest BCUT2D eigenvalue weighted by atomic mass is 10.3. The van der Waals surface area contributed by atoms with E-state index < -0.39 is 10.0 Å². The monoisotopic (exact) mass is 364 g/mol. The lowest BCUT2D eigenvalue weighted by Crippen LogP contribution is -2.37. The van der Waals surface area contributed by atoms with Gasteiger partial charge in [-0.2, -0.15) is 4.31 Å². The van der Waals surface area contributed by atoms with Crippen molar-refractivity contribution in [3.8, 4) is 5.75 Å². The number of rotatable bonds is 4. The predicted molar refractivity (Wildman–Crippen MR) is 91.0 cm³/mol. The van der Waals surface area contributed by atoms with Crippen LogP contribution in [0.1, 0.15) is 17.0 Å². The normalized spacial score (nSPS) is 16.4. The van der Waals surface area contributed by atoms with Gasteiger partial charge in [-0.15, -0.1) is 0 Å². The van der Waals surface area contributed by atoms with Gasteiger partial charge in [0.05, 0.1) is 18.3 Å². The Labute approximate surface area is 146 Å². The highest BCUT2D eigenvalue weighted by Gasteiger charge is 2.29. The van der Waals surface area contributed by atoms with E-state index in [9.17, 15) is 13.2 Å². The Morgan fingerprint density at radius 1 is 1.08 bits per heavy atom. The minimum absolute atomic E-state index is 0.214. The van der Waals surface area contributed by atoms with Gasteiger partial charge in [-0.05, 0) is 42.8 Å². The Balaban J connectivity index is 1.72.